The van der Waals surface area contributed by atoms with E-state index in [4.69, 9.17) is 4.74 Å². The van der Waals surface area contributed by atoms with Gasteiger partial charge in [0.05, 0.1) is 30.5 Å². The third-order valence-corrected chi connectivity index (χ3v) is 5.44. The standard InChI is InChI=1S/C23H30FN5O5.C2H6/c1-13-7-8-16(15(24)9-13)26-17-10-18(30)28(6)27-19(17)20(31)29-11-23(33,12-29)14(2)25-21(32)34-22(3,4)5;1-2/h7-10,14,26,33H,11-12H2,1-6H3,(H,25,32);1-2H3. The fourth-order valence-electron chi connectivity index (χ4n) is 3.46. The molecule has 1 fully saturated rings. The Bertz CT molecular complexity index is 1170. The van der Waals surface area contributed by atoms with Crippen molar-refractivity contribution < 1.29 is 23.8 Å². The number of aryl methyl sites for hydroxylation is 2. The second kappa shape index (κ2) is 11.1. The number of rotatable bonds is 5. The van der Waals surface area contributed by atoms with Crippen LogP contribution in [0.1, 0.15) is 57.6 Å². The first-order valence-electron chi connectivity index (χ1n) is 11.8. The molecule has 11 heteroatoms. The molecule has 3 rings (SSSR count). The number of aliphatic hydroxyl groups is 1. The van der Waals surface area contributed by atoms with Gasteiger partial charge in [0.25, 0.3) is 11.5 Å². The molecule has 1 aliphatic rings. The second-order valence-electron chi connectivity index (χ2n) is 9.61. The van der Waals surface area contributed by atoms with Crippen LogP contribution < -0.4 is 16.2 Å². The van der Waals surface area contributed by atoms with E-state index in [9.17, 15) is 23.9 Å². The number of amides is 2. The van der Waals surface area contributed by atoms with E-state index in [2.05, 4.69) is 15.7 Å². The Kier molecular flexibility index (Phi) is 8.84. The highest BCUT2D eigenvalue weighted by Gasteiger charge is 2.49. The SMILES string of the molecule is CC.Cc1ccc(Nc2cc(=O)n(C)nc2C(=O)N2CC(O)(C(C)NC(=O)OC(C)(C)C)C2)c(F)c1. The van der Waals surface area contributed by atoms with Gasteiger partial charge in [-0.15, -0.1) is 0 Å². The van der Waals surface area contributed by atoms with Crippen LogP contribution in [0.2, 0.25) is 0 Å². The lowest BCUT2D eigenvalue weighted by Gasteiger charge is -2.49. The second-order valence-corrected chi connectivity index (χ2v) is 9.61. The van der Waals surface area contributed by atoms with Crippen molar-refractivity contribution in [3.05, 3.63) is 51.7 Å². The van der Waals surface area contributed by atoms with Crippen LogP contribution in [0, 0.1) is 12.7 Å². The highest BCUT2D eigenvalue weighted by molar-refractivity contribution is 5.98. The smallest absolute Gasteiger partial charge is 0.407 e. The highest BCUT2D eigenvalue weighted by atomic mass is 19.1. The van der Waals surface area contributed by atoms with Gasteiger partial charge in [0.2, 0.25) is 0 Å². The van der Waals surface area contributed by atoms with E-state index in [1.54, 1.807) is 40.7 Å². The van der Waals surface area contributed by atoms with Gasteiger partial charge in [-0.1, -0.05) is 19.9 Å². The topological polar surface area (TPSA) is 126 Å². The number of nitrogens with one attached hydrogen (secondary N) is 2. The van der Waals surface area contributed by atoms with E-state index < -0.39 is 40.6 Å². The Hall–Kier alpha value is -3.47. The van der Waals surface area contributed by atoms with E-state index in [-0.39, 0.29) is 30.2 Å². The van der Waals surface area contributed by atoms with Crippen LogP contribution in [0.15, 0.2) is 29.1 Å². The molecule has 0 bridgehead atoms. The molecule has 1 aromatic heterocycles. The summed E-state index contributed by atoms with van der Waals surface area (Å²) in [6, 6.07) is 4.99. The number of β-amino-alcohol motifs (C(OH)–C–C–N with tert-alkyl or cyclic N) is 1. The predicted molar refractivity (Wildman–Crippen MR) is 135 cm³/mol. The molecule has 1 atom stereocenters. The van der Waals surface area contributed by atoms with E-state index >= 15 is 0 Å². The summed E-state index contributed by atoms with van der Waals surface area (Å²) in [6.45, 7) is 12.4. The number of carbonyl (C=O) groups is 2. The zero-order valence-electron chi connectivity index (χ0n) is 22.1. The average molecular weight is 506 g/mol. The Morgan fingerprint density at radius 3 is 2.36 bits per heavy atom. The Labute approximate surface area is 210 Å². The van der Waals surface area contributed by atoms with Crippen LogP contribution >= 0.6 is 0 Å². The summed E-state index contributed by atoms with van der Waals surface area (Å²) in [5.74, 6) is -1.10. The van der Waals surface area contributed by atoms with Crippen LogP contribution in [-0.4, -0.2) is 62.1 Å². The van der Waals surface area contributed by atoms with E-state index in [0.717, 1.165) is 16.3 Å². The number of anilines is 2. The zero-order chi connectivity index (χ0) is 27.4. The van der Waals surface area contributed by atoms with Crippen molar-refractivity contribution in [3.8, 4) is 0 Å². The molecule has 1 saturated heterocycles. The number of benzene rings is 1. The first kappa shape index (κ1) is 28.8. The summed E-state index contributed by atoms with van der Waals surface area (Å²) < 4.78 is 20.6. The fourth-order valence-corrected chi connectivity index (χ4v) is 3.46. The summed E-state index contributed by atoms with van der Waals surface area (Å²) in [5.41, 5.74) is -1.79. The van der Waals surface area contributed by atoms with Gasteiger partial charge in [0, 0.05) is 13.1 Å². The maximum atomic E-state index is 14.3. The van der Waals surface area contributed by atoms with Crippen molar-refractivity contribution in [3.63, 3.8) is 0 Å². The number of hydrogen-bond acceptors (Lipinski definition) is 7. The minimum Gasteiger partial charge on any atom is -0.444 e. The Morgan fingerprint density at radius 2 is 1.81 bits per heavy atom. The molecule has 2 aromatic rings. The first-order valence-corrected chi connectivity index (χ1v) is 11.8. The number of ether oxygens (including phenoxy) is 1. The summed E-state index contributed by atoms with van der Waals surface area (Å²) in [6.07, 6.45) is -0.676. The minimum atomic E-state index is -1.37. The molecule has 0 aliphatic carbocycles. The Morgan fingerprint density at radius 1 is 1.19 bits per heavy atom. The highest BCUT2D eigenvalue weighted by Crippen LogP contribution is 2.29. The third kappa shape index (κ3) is 6.81. The monoisotopic (exact) mass is 505 g/mol. The maximum Gasteiger partial charge on any atom is 0.407 e. The van der Waals surface area contributed by atoms with Crippen LogP contribution in [-0.2, 0) is 11.8 Å². The zero-order valence-corrected chi connectivity index (χ0v) is 22.1. The van der Waals surface area contributed by atoms with Crippen molar-refractivity contribution in [2.75, 3.05) is 18.4 Å². The van der Waals surface area contributed by atoms with E-state index in [0.29, 0.717) is 0 Å². The van der Waals surface area contributed by atoms with E-state index in [1.165, 1.54) is 24.1 Å². The number of aromatic nitrogens is 2. The summed E-state index contributed by atoms with van der Waals surface area (Å²) in [5, 5.41) is 20.3. The van der Waals surface area contributed by atoms with E-state index in [1.807, 2.05) is 13.8 Å². The largest absolute Gasteiger partial charge is 0.444 e. The van der Waals surface area contributed by atoms with Gasteiger partial charge in [-0.05, 0) is 52.3 Å². The molecule has 1 aromatic carbocycles. The lowest BCUT2D eigenvalue weighted by atomic mass is 9.86. The van der Waals surface area contributed by atoms with Gasteiger partial charge in [-0.25, -0.2) is 13.9 Å². The molecular weight excluding hydrogens is 469 g/mol. The molecule has 2 heterocycles. The van der Waals surface area contributed by atoms with Crippen LogP contribution in [0.4, 0.5) is 20.6 Å². The molecule has 198 valence electrons. The van der Waals surface area contributed by atoms with Gasteiger partial charge in [-0.3, -0.25) is 9.59 Å². The summed E-state index contributed by atoms with van der Waals surface area (Å²) >= 11 is 0. The molecule has 10 nitrogen and oxygen atoms in total. The first-order chi connectivity index (χ1) is 16.7. The summed E-state index contributed by atoms with van der Waals surface area (Å²) in [7, 11) is 1.40. The molecule has 36 heavy (non-hydrogen) atoms. The van der Waals surface area contributed by atoms with Crippen molar-refractivity contribution in [1.82, 2.24) is 20.0 Å². The molecule has 1 unspecified atom stereocenters. The molecule has 0 radical (unpaired) electrons. The predicted octanol–water partition coefficient (Wildman–Crippen LogP) is 3.10. The molecule has 0 spiro atoms. The van der Waals surface area contributed by atoms with Crippen LogP contribution in [0.25, 0.3) is 0 Å². The number of hydrogen-bond donors (Lipinski definition) is 3. The van der Waals surface area contributed by atoms with Gasteiger partial charge in [0.1, 0.15) is 17.0 Å². The van der Waals surface area contributed by atoms with Gasteiger partial charge >= 0.3 is 6.09 Å². The minimum absolute atomic E-state index is 0.0474. The third-order valence-electron chi connectivity index (χ3n) is 5.44. The molecule has 2 amide bonds. The fraction of sp³-hybridized carbons (Fsp3) is 0.520. The average Bonchev–Trinajstić information content (AvgIpc) is 2.75. The lowest BCUT2D eigenvalue weighted by Crippen LogP contribution is -2.71. The number of halogens is 1. The lowest BCUT2D eigenvalue weighted by molar-refractivity contribution is -0.100. The molecule has 3 N–H and O–H groups in total. The number of likely N-dealkylation sites (tertiary alicyclic amines) is 1. The van der Waals surface area contributed by atoms with Crippen LogP contribution in [0.5, 0.6) is 0 Å². The van der Waals surface area contributed by atoms with Crippen molar-refractivity contribution in [2.45, 2.75) is 65.7 Å². The van der Waals surface area contributed by atoms with Crippen LogP contribution in [0.3, 0.4) is 0 Å². The maximum absolute atomic E-state index is 14.3. The molecule has 0 saturated carbocycles. The quantitative estimate of drug-likeness (QED) is 0.570. The number of carbonyl (C=O) groups excluding carboxylic acids is 2. The Balaban J connectivity index is 0.00000222. The van der Waals surface area contributed by atoms with Gasteiger partial charge < -0.3 is 25.4 Å². The van der Waals surface area contributed by atoms with Crippen molar-refractivity contribution >= 4 is 23.4 Å². The van der Waals surface area contributed by atoms with Gasteiger partial charge in [0.15, 0.2) is 5.69 Å². The normalized spacial score (nSPS) is 15.1. The number of alkyl carbamates (subject to hydrolysis) is 1. The molecule has 1 aliphatic heterocycles. The molecular formula is C25H36FN5O5. The number of nitrogens with zero attached hydrogens (tertiary/aromatic N) is 3. The van der Waals surface area contributed by atoms with Gasteiger partial charge in [-0.2, -0.15) is 5.10 Å². The van der Waals surface area contributed by atoms with Crippen molar-refractivity contribution in [1.29, 1.82) is 0 Å². The van der Waals surface area contributed by atoms with Crippen molar-refractivity contribution in [2.24, 2.45) is 7.05 Å². The summed E-state index contributed by atoms with van der Waals surface area (Å²) in [4.78, 5) is 38.6.